The van der Waals surface area contributed by atoms with E-state index < -0.39 is 0 Å². The summed E-state index contributed by atoms with van der Waals surface area (Å²) in [5.74, 6) is 0.666. The highest BCUT2D eigenvalue weighted by molar-refractivity contribution is 6.15. The fraction of sp³-hybridized carbons (Fsp3) is 0.136. The van der Waals surface area contributed by atoms with E-state index in [2.05, 4.69) is 323 Å². The number of benzene rings is 12. The van der Waals surface area contributed by atoms with Crippen molar-refractivity contribution in [2.24, 2.45) is 0 Å². The highest BCUT2D eigenvalue weighted by atomic mass is 15.0. The van der Waals surface area contributed by atoms with Crippen molar-refractivity contribution in [3.63, 3.8) is 0 Å². The van der Waals surface area contributed by atoms with Gasteiger partial charge in [0.25, 0.3) is 0 Å². The first-order valence-electron chi connectivity index (χ1n) is 32.3. The maximum absolute atomic E-state index is 5.65. The molecule has 15 aromatic rings. The van der Waals surface area contributed by atoms with Gasteiger partial charge in [0.15, 0.2) is 5.82 Å². The molecular formula is C88H74N4. The Morgan fingerprint density at radius 3 is 0.935 bits per heavy atom. The van der Waals surface area contributed by atoms with Gasteiger partial charge < -0.3 is 9.13 Å². The molecule has 0 atom stereocenters. The summed E-state index contributed by atoms with van der Waals surface area (Å²) in [5, 5.41) is 4.79. The summed E-state index contributed by atoms with van der Waals surface area (Å²) in [7, 11) is 0. The van der Waals surface area contributed by atoms with Gasteiger partial charge in [-0.3, -0.25) is 0 Å². The summed E-state index contributed by atoms with van der Waals surface area (Å²) in [6.07, 6.45) is 0. The molecule has 0 N–H and O–H groups in total. The van der Waals surface area contributed by atoms with Crippen LogP contribution in [0, 0.1) is 83.1 Å². The van der Waals surface area contributed by atoms with Crippen LogP contribution in [-0.2, 0) is 0 Å². The third kappa shape index (κ3) is 9.84. The molecule has 0 radical (unpaired) electrons. The zero-order chi connectivity index (χ0) is 63.4. The predicted octanol–water partition coefficient (Wildman–Crippen LogP) is 23.7. The predicted molar refractivity (Wildman–Crippen MR) is 391 cm³/mol. The molecule has 92 heavy (non-hydrogen) atoms. The highest BCUT2D eigenvalue weighted by Gasteiger charge is 2.27. The van der Waals surface area contributed by atoms with E-state index in [1.165, 1.54) is 133 Å². The molecule has 0 unspecified atom stereocenters. The van der Waals surface area contributed by atoms with Crippen LogP contribution < -0.4 is 0 Å². The minimum atomic E-state index is 0.666. The van der Waals surface area contributed by atoms with E-state index >= 15 is 0 Å². The number of para-hydroxylation sites is 1. The van der Waals surface area contributed by atoms with Crippen LogP contribution in [0.15, 0.2) is 231 Å². The van der Waals surface area contributed by atoms with Gasteiger partial charge in [-0.25, -0.2) is 9.97 Å². The van der Waals surface area contributed by atoms with Crippen molar-refractivity contribution >= 4 is 43.6 Å². The van der Waals surface area contributed by atoms with Gasteiger partial charge in [0, 0.05) is 49.4 Å². The van der Waals surface area contributed by atoms with E-state index in [0.717, 1.165) is 72.6 Å². The number of aryl methyl sites for hydroxylation is 12. The summed E-state index contributed by atoms with van der Waals surface area (Å²) < 4.78 is 5.07. The fourth-order valence-corrected chi connectivity index (χ4v) is 15.9. The van der Waals surface area contributed by atoms with E-state index in [1.54, 1.807) is 0 Å². The molecule has 0 saturated carbocycles. The molecular weight excluding hydrogens is 1110 g/mol. The lowest BCUT2D eigenvalue weighted by molar-refractivity contribution is 1.15. The van der Waals surface area contributed by atoms with Crippen molar-refractivity contribution in [1.29, 1.82) is 0 Å². The normalized spacial score (nSPS) is 11.7. The zero-order valence-electron chi connectivity index (χ0n) is 54.7. The zero-order valence-corrected chi connectivity index (χ0v) is 54.7. The highest BCUT2D eigenvalue weighted by Crippen LogP contribution is 2.48. The molecule has 0 saturated heterocycles. The average molecular weight is 1190 g/mol. The number of fused-ring (bicyclic) bond motifs is 6. The van der Waals surface area contributed by atoms with Gasteiger partial charge in [-0.1, -0.05) is 186 Å². The molecule has 0 spiro atoms. The van der Waals surface area contributed by atoms with Crippen LogP contribution in [0.3, 0.4) is 0 Å². The Morgan fingerprint density at radius 2 is 0.543 bits per heavy atom. The maximum Gasteiger partial charge on any atom is 0.160 e. The van der Waals surface area contributed by atoms with Crippen LogP contribution in [0.4, 0.5) is 0 Å². The average Bonchev–Trinajstić information content (AvgIpc) is 1.54. The van der Waals surface area contributed by atoms with Crippen molar-refractivity contribution in [1.82, 2.24) is 19.1 Å². The Hall–Kier alpha value is -10.7. The molecule has 4 nitrogen and oxygen atoms in total. The molecule has 12 aromatic carbocycles. The molecule has 3 heterocycles. The standard InChI is InChI=1S/C88H74N4/c1-51-38-55(5)83(56(6)39-51)65-30-34-78-71(46-65)72-47-66(84-57(7)40-52(2)41-58(84)8)31-35-79(72)91(78)77-28-20-19-26-70(77)87-69(76-50-75(63-22-15-13-16-23-63)89-88(90-76)64-24-17-14-18-25-64)27-21-29-82(87)92-80-36-32-67(85-59(9)42-53(3)43-60(85)10)48-73(80)74-49-68(33-37-81(74)92)86-61(11)44-54(4)45-62(86)12/h13-50H,1-12H3. The topological polar surface area (TPSA) is 35.6 Å². The van der Waals surface area contributed by atoms with Gasteiger partial charge >= 0.3 is 0 Å². The largest absolute Gasteiger partial charge is 0.309 e. The SMILES string of the molecule is Cc1cc(C)c(-c2ccc3c(c2)c2cc(-c4c(C)cc(C)cc4C)ccc2n3-c2ccccc2-c2c(-c3cc(-c4ccccc4)nc(-c4ccccc4)n3)cccc2-n2c3ccc(-c4c(C)cc(C)cc4C)cc3c3cc(-c4c(C)cc(C)cc4C)ccc32)c(C)c1. The van der Waals surface area contributed by atoms with E-state index in [1.807, 2.05) is 0 Å². The van der Waals surface area contributed by atoms with Gasteiger partial charge in [0.1, 0.15) is 0 Å². The smallest absolute Gasteiger partial charge is 0.160 e. The van der Waals surface area contributed by atoms with Gasteiger partial charge in [-0.2, -0.15) is 0 Å². The van der Waals surface area contributed by atoms with Crippen molar-refractivity contribution in [3.8, 4) is 101 Å². The summed E-state index contributed by atoms with van der Waals surface area (Å²) >= 11 is 0. The summed E-state index contributed by atoms with van der Waals surface area (Å²) in [5.41, 5.74) is 38.7. The van der Waals surface area contributed by atoms with Crippen LogP contribution in [0.5, 0.6) is 0 Å². The first-order valence-corrected chi connectivity index (χ1v) is 32.3. The first kappa shape index (κ1) is 57.7. The van der Waals surface area contributed by atoms with Crippen molar-refractivity contribution in [2.75, 3.05) is 0 Å². The van der Waals surface area contributed by atoms with Crippen LogP contribution in [0.2, 0.25) is 0 Å². The quantitative estimate of drug-likeness (QED) is 0.137. The second-order valence-electron chi connectivity index (χ2n) is 26.1. The monoisotopic (exact) mass is 1190 g/mol. The van der Waals surface area contributed by atoms with E-state index in [0.29, 0.717) is 5.82 Å². The van der Waals surface area contributed by atoms with Crippen LogP contribution in [0.25, 0.3) is 145 Å². The van der Waals surface area contributed by atoms with Crippen molar-refractivity contribution in [3.05, 3.63) is 297 Å². The molecule has 0 aliphatic carbocycles. The van der Waals surface area contributed by atoms with E-state index in [9.17, 15) is 0 Å². The van der Waals surface area contributed by atoms with Gasteiger partial charge in [-0.05, 0) is 239 Å². The molecule has 15 rings (SSSR count). The minimum Gasteiger partial charge on any atom is -0.309 e. The van der Waals surface area contributed by atoms with Gasteiger partial charge in [-0.15, -0.1) is 0 Å². The molecule has 0 bridgehead atoms. The number of hydrogen-bond acceptors (Lipinski definition) is 2. The summed E-state index contributed by atoms with van der Waals surface area (Å²) in [6, 6.07) is 86.3. The lowest BCUT2D eigenvalue weighted by Crippen LogP contribution is -2.04. The van der Waals surface area contributed by atoms with Crippen LogP contribution in [0.1, 0.15) is 66.8 Å². The molecule has 0 aliphatic heterocycles. The Balaban J connectivity index is 1.06. The van der Waals surface area contributed by atoms with Crippen molar-refractivity contribution < 1.29 is 0 Å². The Labute approximate surface area is 540 Å². The summed E-state index contributed by atoms with van der Waals surface area (Å²) in [6.45, 7) is 26.8. The second-order valence-corrected chi connectivity index (χ2v) is 26.1. The van der Waals surface area contributed by atoms with E-state index in [-0.39, 0.29) is 0 Å². The second kappa shape index (κ2) is 22.7. The van der Waals surface area contributed by atoms with E-state index in [4.69, 9.17) is 9.97 Å². The number of hydrogen-bond donors (Lipinski definition) is 0. The number of aromatic nitrogens is 4. The Kier molecular flexibility index (Phi) is 14.2. The lowest BCUT2D eigenvalue weighted by Gasteiger charge is -2.22. The maximum atomic E-state index is 5.65. The summed E-state index contributed by atoms with van der Waals surface area (Å²) in [4.78, 5) is 11.0. The third-order valence-electron chi connectivity index (χ3n) is 19.2. The van der Waals surface area contributed by atoms with Crippen molar-refractivity contribution in [2.45, 2.75) is 83.1 Å². The first-order chi connectivity index (χ1) is 44.5. The van der Waals surface area contributed by atoms with Gasteiger partial charge in [0.2, 0.25) is 0 Å². The lowest BCUT2D eigenvalue weighted by atomic mass is 9.91. The molecule has 0 fully saturated rings. The minimum absolute atomic E-state index is 0.666. The molecule has 446 valence electrons. The third-order valence-corrected chi connectivity index (χ3v) is 19.2. The van der Waals surface area contributed by atoms with Gasteiger partial charge in [0.05, 0.1) is 44.8 Å². The number of rotatable bonds is 10. The molecule has 0 aliphatic rings. The Bertz CT molecular complexity index is 5140. The van der Waals surface area contributed by atoms with Crippen LogP contribution >= 0.6 is 0 Å². The molecule has 3 aromatic heterocycles. The van der Waals surface area contributed by atoms with Crippen LogP contribution in [-0.4, -0.2) is 19.1 Å². The molecule has 0 amide bonds. The Morgan fingerprint density at radius 1 is 0.228 bits per heavy atom. The number of nitrogens with zero attached hydrogens (tertiary/aromatic N) is 4. The fourth-order valence-electron chi connectivity index (χ4n) is 15.9. The molecule has 4 heteroatoms.